The highest BCUT2D eigenvalue weighted by Crippen LogP contribution is 2.16. The summed E-state index contributed by atoms with van der Waals surface area (Å²) in [5, 5.41) is 18.2. The van der Waals surface area contributed by atoms with Crippen molar-refractivity contribution in [1.82, 2.24) is 4.90 Å². The van der Waals surface area contributed by atoms with Gasteiger partial charge in [-0.2, -0.15) is 0 Å². The molecule has 1 aromatic carbocycles. The van der Waals surface area contributed by atoms with Crippen LogP contribution >= 0.6 is 0 Å². The van der Waals surface area contributed by atoms with E-state index >= 15 is 0 Å². The van der Waals surface area contributed by atoms with E-state index < -0.39 is 11.9 Å². The number of phenolic OH excluding ortho intramolecular Hbond substituents is 1. The standard InChI is InChI=1S/C13H17NO4/c1-14(2)12(16)8-10(13(17)18)7-9-3-5-11(15)6-4-9/h3-6,10,15H,7-8H2,1-2H3,(H,17,18). The van der Waals surface area contributed by atoms with Gasteiger partial charge >= 0.3 is 5.97 Å². The molecule has 5 heteroatoms. The van der Waals surface area contributed by atoms with Crippen LogP contribution in [0.1, 0.15) is 12.0 Å². The summed E-state index contributed by atoms with van der Waals surface area (Å²) >= 11 is 0. The molecule has 1 rings (SSSR count). The quantitative estimate of drug-likeness (QED) is 0.821. The summed E-state index contributed by atoms with van der Waals surface area (Å²) in [7, 11) is 3.20. The van der Waals surface area contributed by atoms with E-state index in [0.29, 0.717) is 0 Å². The molecule has 1 unspecified atom stereocenters. The van der Waals surface area contributed by atoms with Gasteiger partial charge in [-0.15, -0.1) is 0 Å². The van der Waals surface area contributed by atoms with Crippen LogP contribution in [-0.4, -0.2) is 41.1 Å². The number of carboxylic acids is 1. The summed E-state index contributed by atoms with van der Waals surface area (Å²) in [5.41, 5.74) is 0.784. The topological polar surface area (TPSA) is 77.8 Å². The number of carbonyl (C=O) groups is 2. The third-order valence-corrected chi connectivity index (χ3v) is 2.69. The predicted molar refractivity (Wildman–Crippen MR) is 66.2 cm³/mol. The lowest BCUT2D eigenvalue weighted by molar-refractivity contribution is -0.145. The highest BCUT2D eigenvalue weighted by Gasteiger charge is 2.22. The molecule has 0 saturated carbocycles. The molecule has 1 atom stereocenters. The molecule has 18 heavy (non-hydrogen) atoms. The normalized spacial score (nSPS) is 11.9. The first-order chi connectivity index (χ1) is 8.40. The Bertz CT molecular complexity index is 425. The van der Waals surface area contributed by atoms with Gasteiger partial charge in [0, 0.05) is 20.5 Å². The van der Waals surface area contributed by atoms with Crippen LogP contribution in [0.2, 0.25) is 0 Å². The van der Waals surface area contributed by atoms with Gasteiger partial charge in [-0.1, -0.05) is 12.1 Å². The number of aromatic hydroxyl groups is 1. The highest BCUT2D eigenvalue weighted by atomic mass is 16.4. The van der Waals surface area contributed by atoms with Gasteiger partial charge < -0.3 is 15.1 Å². The molecule has 1 aromatic rings. The van der Waals surface area contributed by atoms with Crippen molar-refractivity contribution in [3.8, 4) is 5.75 Å². The van der Waals surface area contributed by atoms with E-state index in [2.05, 4.69) is 0 Å². The molecule has 0 aliphatic heterocycles. The van der Waals surface area contributed by atoms with Crippen molar-refractivity contribution in [2.45, 2.75) is 12.8 Å². The Labute approximate surface area is 106 Å². The van der Waals surface area contributed by atoms with Crippen molar-refractivity contribution in [3.05, 3.63) is 29.8 Å². The zero-order valence-corrected chi connectivity index (χ0v) is 10.5. The second-order valence-corrected chi connectivity index (χ2v) is 4.40. The fraction of sp³-hybridized carbons (Fsp3) is 0.385. The molecule has 0 aliphatic carbocycles. The van der Waals surface area contributed by atoms with E-state index in [9.17, 15) is 9.59 Å². The Kier molecular flexibility index (Phi) is 4.71. The van der Waals surface area contributed by atoms with Crippen molar-refractivity contribution < 1.29 is 19.8 Å². The van der Waals surface area contributed by atoms with E-state index in [1.807, 2.05) is 0 Å². The summed E-state index contributed by atoms with van der Waals surface area (Å²) < 4.78 is 0. The summed E-state index contributed by atoms with van der Waals surface area (Å²) in [6.45, 7) is 0. The molecular formula is C13H17NO4. The Balaban J connectivity index is 2.72. The van der Waals surface area contributed by atoms with Crippen LogP contribution in [0.25, 0.3) is 0 Å². The molecule has 0 aromatic heterocycles. The van der Waals surface area contributed by atoms with Crippen LogP contribution in [-0.2, 0) is 16.0 Å². The van der Waals surface area contributed by atoms with Crippen molar-refractivity contribution in [2.75, 3.05) is 14.1 Å². The van der Waals surface area contributed by atoms with E-state index in [-0.39, 0.29) is 24.5 Å². The second kappa shape index (κ2) is 6.05. The molecule has 0 spiro atoms. The molecule has 0 saturated heterocycles. The average molecular weight is 251 g/mol. The first-order valence-electron chi connectivity index (χ1n) is 5.61. The van der Waals surface area contributed by atoms with Crippen molar-refractivity contribution in [1.29, 1.82) is 0 Å². The Morgan fingerprint density at radius 3 is 2.22 bits per heavy atom. The molecule has 98 valence electrons. The number of aliphatic carboxylic acids is 1. The first-order valence-corrected chi connectivity index (χ1v) is 5.61. The minimum atomic E-state index is -0.988. The number of benzene rings is 1. The molecule has 2 N–H and O–H groups in total. The minimum absolute atomic E-state index is 0.0246. The number of rotatable bonds is 5. The lowest BCUT2D eigenvalue weighted by Crippen LogP contribution is -2.28. The lowest BCUT2D eigenvalue weighted by Gasteiger charge is -2.15. The van der Waals surface area contributed by atoms with Gasteiger partial charge in [-0.05, 0) is 24.1 Å². The van der Waals surface area contributed by atoms with Crippen molar-refractivity contribution in [2.24, 2.45) is 5.92 Å². The SMILES string of the molecule is CN(C)C(=O)CC(Cc1ccc(O)cc1)C(=O)O. The van der Waals surface area contributed by atoms with E-state index in [4.69, 9.17) is 10.2 Å². The Morgan fingerprint density at radius 1 is 1.22 bits per heavy atom. The van der Waals surface area contributed by atoms with Gasteiger partial charge in [0.25, 0.3) is 0 Å². The van der Waals surface area contributed by atoms with Crippen LogP contribution in [0.5, 0.6) is 5.75 Å². The maximum Gasteiger partial charge on any atom is 0.307 e. The van der Waals surface area contributed by atoms with Crippen molar-refractivity contribution >= 4 is 11.9 Å². The van der Waals surface area contributed by atoms with E-state index in [0.717, 1.165) is 5.56 Å². The Hall–Kier alpha value is -2.04. The number of carboxylic acid groups (broad SMARTS) is 1. The molecule has 5 nitrogen and oxygen atoms in total. The molecular weight excluding hydrogens is 234 g/mol. The molecule has 0 heterocycles. The maximum atomic E-state index is 11.5. The number of phenols is 1. The number of amides is 1. The number of hydrogen-bond acceptors (Lipinski definition) is 3. The van der Waals surface area contributed by atoms with Gasteiger partial charge in [0.05, 0.1) is 5.92 Å². The zero-order chi connectivity index (χ0) is 13.7. The fourth-order valence-corrected chi connectivity index (χ4v) is 1.56. The van der Waals surface area contributed by atoms with Gasteiger partial charge in [-0.25, -0.2) is 0 Å². The van der Waals surface area contributed by atoms with Crippen LogP contribution in [0.4, 0.5) is 0 Å². The summed E-state index contributed by atoms with van der Waals surface area (Å²) in [6.07, 6.45) is 0.248. The van der Waals surface area contributed by atoms with Gasteiger partial charge in [0.15, 0.2) is 0 Å². The van der Waals surface area contributed by atoms with Gasteiger partial charge in [-0.3, -0.25) is 9.59 Å². The molecule has 0 fully saturated rings. The highest BCUT2D eigenvalue weighted by molar-refractivity contribution is 5.82. The molecule has 0 aliphatic rings. The first kappa shape index (κ1) is 14.0. The number of hydrogen-bond donors (Lipinski definition) is 2. The average Bonchev–Trinajstić information content (AvgIpc) is 2.30. The third-order valence-electron chi connectivity index (χ3n) is 2.69. The fourth-order valence-electron chi connectivity index (χ4n) is 1.56. The van der Waals surface area contributed by atoms with Crippen LogP contribution in [0, 0.1) is 5.92 Å². The maximum absolute atomic E-state index is 11.5. The third kappa shape index (κ3) is 4.08. The molecule has 0 bridgehead atoms. The summed E-state index contributed by atoms with van der Waals surface area (Å²) in [6, 6.07) is 6.32. The zero-order valence-electron chi connectivity index (χ0n) is 10.5. The van der Waals surface area contributed by atoms with Crippen LogP contribution in [0.3, 0.4) is 0 Å². The van der Waals surface area contributed by atoms with Crippen molar-refractivity contribution in [3.63, 3.8) is 0 Å². The second-order valence-electron chi connectivity index (χ2n) is 4.40. The van der Waals surface area contributed by atoms with E-state index in [1.165, 1.54) is 17.0 Å². The smallest absolute Gasteiger partial charge is 0.307 e. The monoisotopic (exact) mass is 251 g/mol. The number of nitrogens with zero attached hydrogens (tertiary/aromatic N) is 1. The van der Waals surface area contributed by atoms with Crippen LogP contribution < -0.4 is 0 Å². The minimum Gasteiger partial charge on any atom is -0.508 e. The van der Waals surface area contributed by atoms with Gasteiger partial charge in [0.2, 0.25) is 5.91 Å². The molecule has 0 radical (unpaired) electrons. The predicted octanol–water partition coefficient (Wildman–Crippen LogP) is 1.11. The number of carbonyl (C=O) groups excluding carboxylic acids is 1. The largest absolute Gasteiger partial charge is 0.508 e. The van der Waals surface area contributed by atoms with Crippen LogP contribution in [0.15, 0.2) is 24.3 Å². The molecule has 1 amide bonds. The summed E-state index contributed by atoms with van der Waals surface area (Å²) in [4.78, 5) is 24.0. The van der Waals surface area contributed by atoms with E-state index in [1.54, 1.807) is 26.2 Å². The Morgan fingerprint density at radius 2 is 1.78 bits per heavy atom. The van der Waals surface area contributed by atoms with Gasteiger partial charge in [0.1, 0.15) is 5.75 Å². The summed E-state index contributed by atoms with van der Waals surface area (Å²) in [5.74, 6) is -1.81. The lowest BCUT2D eigenvalue weighted by atomic mass is 9.96.